The molecule has 1 fully saturated rings. The SMILES string of the molecule is CCNC(=NCC1(c2ccccc2)CCCC1)NCCC(=O)N(C)C. The van der Waals surface area contributed by atoms with E-state index in [2.05, 4.69) is 47.9 Å². The number of guanidine groups is 1. The molecular formula is C20H32N4O. The maximum atomic E-state index is 11.7. The lowest BCUT2D eigenvalue weighted by Crippen LogP contribution is -2.40. The smallest absolute Gasteiger partial charge is 0.223 e. The molecule has 5 heteroatoms. The third-order valence-electron chi connectivity index (χ3n) is 4.96. The summed E-state index contributed by atoms with van der Waals surface area (Å²) < 4.78 is 0. The van der Waals surface area contributed by atoms with Crippen LogP contribution >= 0.6 is 0 Å². The molecule has 0 heterocycles. The van der Waals surface area contributed by atoms with Crippen LogP contribution in [0.3, 0.4) is 0 Å². The first-order valence-corrected chi connectivity index (χ1v) is 9.35. The second-order valence-corrected chi connectivity index (χ2v) is 7.01. The van der Waals surface area contributed by atoms with E-state index in [9.17, 15) is 4.79 Å². The molecule has 2 rings (SSSR count). The van der Waals surface area contributed by atoms with Crippen LogP contribution in [0.4, 0.5) is 0 Å². The molecule has 0 bridgehead atoms. The first kappa shape index (κ1) is 19.3. The second kappa shape index (κ2) is 9.44. The normalized spacial score (nSPS) is 16.5. The molecule has 1 aliphatic carbocycles. The Balaban J connectivity index is 2.01. The summed E-state index contributed by atoms with van der Waals surface area (Å²) in [5.41, 5.74) is 1.55. The van der Waals surface area contributed by atoms with Crippen LogP contribution in [0.15, 0.2) is 35.3 Å². The van der Waals surface area contributed by atoms with Gasteiger partial charge in [-0.15, -0.1) is 0 Å². The summed E-state index contributed by atoms with van der Waals surface area (Å²) in [6.07, 6.45) is 5.40. The Labute approximate surface area is 151 Å². The van der Waals surface area contributed by atoms with E-state index in [4.69, 9.17) is 4.99 Å². The predicted molar refractivity (Wildman–Crippen MR) is 104 cm³/mol. The van der Waals surface area contributed by atoms with E-state index in [0.717, 1.165) is 19.0 Å². The maximum Gasteiger partial charge on any atom is 0.223 e. The summed E-state index contributed by atoms with van der Waals surface area (Å²) in [7, 11) is 3.57. The number of benzene rings is 1. The quantitative estimate of drug-likeness (QED) is 0.590. The summed E-state index contributed by atoms with van der Waals surface area (Å²) in [6.45, 7) is 4.26. The molecule has 138 valence electrons. The van der Waals surface area contributed by atoms with E-state index in [1.54, 1.807) is 19.0 Å². The molecule has 0 unspecified atom stereocenters. The van der Waals surface area contributed by atoms with Crippen LogP contribution in [-0.2, 0) is 10.2 Å². The molecule has 1 aromatic rings. The second-order valence-electron chi connectivity index (χ2n) is 7.01. The molecule has 0 radical (unpaired) electrons. The standard InChI is InChI=1S/C20H32N4O/c1-4-21-19(22-15-12-18(25)24(2)3)23-16-20(13-8-9-14-20)17-10-6-5-7-11-17/h5-7,10-11H,4,8-9,12-16H2,1-3H3,(H2,21,22,23). The minimum absolute atomic E-state index is 0.125. The zero-order chi connectivity index (χ0) is 18.1. The van der Waals surface area contributed by atoms with Crippen LogP contribution in [0, 0.1) is 0 Å². The molecule has 1 saturated carbocycles. The van der Waals surface area contributed by atoms with Gasteiger partial charge in [0.1, 0.15) is 0 Å². The van der Waals surface area contributed by atoms with Gasteiger partial charge in [-0.3, -0.25) is 9.79 Å². The highest BCUT2D eigenvalue weighted by Gasteiger charge is 2.35. The van der Waals surface area contributed by atoms with E-state index in [-0.39, 0.29) is 11.3 Å². The van der Waals surface area contributed by atoms with Crippen molar-refractivity contribution in [1.29, 1.82) is 0 Å². The Morgan fingerprint density at radius 2 is 1.84 bits per heavy atom. The number of rotatable bonds is 7. The molecule has 25 heavy (non-hydrogen) atoms. The van der Waals surface area contributed by atoms with Crippen molar-refractivity contribution in [3.05, 3.63) is 35.9 Å². The first-order chi connectivity index (χ1) is 12.1. The van der Waals surface area contributed by atoms with E-state index in [1.807, 2.05) is 0 Å². The van der Waals surface area contributed by atoms with Crippen molar-refractivity contribution < 1.29 is 4.79 Å². The van der Waals surface area contributed by atoms with Crippen LogP contribution in [0.2, 0.25) is 0 Å². The number of nitrogens with zero attached hydrogens (tertiary/aromatic N) is 2. The fraction of sp³-hybridized carbons (Fsp3) is 0.600. The van der Waals surface area contributed by atoms with Gasteiger partial charge in [-0.1, -0.05) is 43.2 Å². The summed E-state index contributed by atoms with van der Waals surface area (Å²) in [6, 6.07) is 10.8. The van der Waals surface area contributed by atoms with E-state index >= 15 is 0 Å². The topological polar surface area (TPSA) is 56.7 Å². The van der Waals surface area contributed by atoms with Gasteiger partial charge in [0.05, 0.1) is 6.54 Å². The molecule has 5 nitrogen and oxygen atoms in total. The van der Waals surface area contributed by atoms with Crippen LogP contribution < -0.4 is 10.6 Å². The average Bonchev–Trinajstić information content (AvgIpc) is 3.10. The van der Waals surface area contributed by atoms with Crippen molar-refractivity contribution in [2.24, 2.45) is 4.99 Å². The van der Waals surface area contributed by atoms with Gasteiger partial charge in [0, 0.05) is 39.0 Å². The molecule has 0 aromatic heterocycles. The molecule has 1 amide bonds. The Morgan fingerprint density at radius 3 is 2.44 bits per heavy atom. The number of amides is 1. The third-order valence-corrected chi connectivity index (χ3v) is 4.96. The van der Waals surface area contributed by atoms with E-state index in [1.165, 1.54) is 31.2 Å². The van der Waals surface area contributed by atoms with Gasteiger partial charge < -0.3 is 15.5 Å². The highest BCUT2D eigenvalue weighted by molar-refractivity contribution is 5.81. The van der Waals surface area contributed by atoms with Gasteiger partial charge in [0.15, 0.2) is 5.96 Å². The van der Waals surface area contributed by atoms with Crippen molar-refractivity contribution >= 4 is 11.9 Å². The van der Waals surface area contributed by atoms with Gasteiger partial charge in [-0.05, 0) is 25.3 Å². The fourth-order valence-corrected chi connectivity index (χ4v) is 3.47. The van der Waals surface area contributed by atoms with Crippen LogP contribution in [0.1, 0.15) is 44.6 Å². The van der Waals surface area contributed by atoms with Gasteiger partial charge in [0.2, 0.25) is 5.91 Å². The lowest BCUT2D eigenvalue weighted by Gasteiger charge is -2.28. The predicted octanol–water partition coefficient (Wildman–Crippen LogP) is 2.53. The fourth-order valence-electron chi connectivity index (χ4n) is 3.47. The zero-order valence-electron chi connectivity index (χ0n) is 15.8. The number of carbonyl (C=O) groups excluding carboxylic acids is 1. The number of nitrogens with one attached hydrogen (secondary N) is 2. The average molecular weight is 345 g/mol. The highest BCUT2D eigenvalue weighted by atomic mass is 16.2. The van der Waals surface area contributed by atoms with Crippen LogP contribution in [0.5, 0.6) is 0 Å². The lowest BCUT2D eigenvalue weighted by molar-refractivity contribution is -0.128. The number of carbonyl (C=O) groups is 1. The van der Waals surface area contributed by atoms with Gasteiger partial charge in [-0.25, -0.2) is 0 Å². The van der Waals surface area contributed by atoms with Crippen molar-refractivity contribution in [2.75, 3.05) is 33.7 Å². The maximum absolute atomic E-state index is 11.7. The minimum atomic E-state index is 0.125. The summed E-state index contributed by atoms with van der Waals surface area (Å²) in [5, 5.41) is 6.58. The zero-order valence-corrected chi connectivity index (χ0v) is 15.8. The molecule has 1 aliphatic rings. The van der Waals surface area contributed by atoms with Gasteiger partial charge >= 0.3 is 0 Å². The first-order valence-electron chi connectivity index (χ1n) is 9.35. The summed E-state index contributed by atoms with van der Waals surface area (Å²) in [4.78, 5) is 18.2. The largest absolute Gasteiger partial charge is 0.357 e. The van der Waals surface area contributed by atoms with Crippen LogP contribution in [0.25, 0.3) is 0 Å². The van der Waals surface area contributed by atoms with Crippen molar-refractivity contribution in [1.82, 2.24) is 15.5 Å². The van der Waals surface area contributed by atoms with Gasteiger partial charge in [-0.2, -0.15) is 0 Å². The third kappa shape index (κ3) is 5.48. The molecule has 0 aliphatic heterocycles. The summed E-state index contributed by atoms with van der Waals surface area (Å²) >= 11 is 0. The molecule has 0 atom stereocenters. The van der Waals surface area contributed by atoms with Crippen molar-refractivity contribution in [3.63, 3.8) is 0 Å². The molecule has 1 aromatic carbocycles. The molecule has 0 saturated heterocycles. The van der Waals surface area contributed by atoms with Crippen molar-refractivity contribution in [3.8, 4) is 0 Å². The Kier molecular flexibility index (Phi) is 7.29. The number of aliphatic imine (C=N–C) groups is 1. The lowest BCUT2D eigenvalue weighted by atomic mass is 9.79. The monoisotopic (exact) mass is 344 g/mol. The molecular weight excluding hydrogens is 312 g/mol. The molecule has 2 N–H and O–H groups in total. The Hall–Kier alpha value is -2.04. The Morgan fingerprint density at radius 1 is 1.16 bits per heavy atom. The van der Waals surface area contributed by atoms with Crippen molar-refractivity contribution in [2.45, 2.75) is 44.4 Å². The van der Waals surface area contributed by atoms with E-state index < -0.39 is 0 Å². The van der Waals surface area contributed by atoms with E-state index in [0.29, 0.717) is 13.0 Å². The Bertz CT molecular complexity index is 562. The molecule has 0 spiro atoms. The highest BCUT2D eigenvalue weighted by Crippen LogP contribution is 2.41. The number of hydrogen-bond acceptors (Lipinski definition) is 2. The van der Waals surface area contributed by atoms with Crippen LogP contribution in [-0.4, -0.2) is 50.5 Å². The summed E-state index contributed by atoms with van der Waals surface area (Å²) in [5.74, 6) is 0.927. The number of hydrogen-bond donors (Lipinski definition) is 2. The minimum Gasteiger partial charge on any atom is -0.357 e. The van der Waals surface area contributed by atoms with Gasteiger partial charge in [0.25, 0.3) is 0 Å².